The van der Waals surface area contributed by atoms with Gasteiger partial charge < -0.3 is 14.7 Å². The first kappa shape index (κ1) is 15.8. The first-order valence-corrected chi connectivity index (χ1v) is 7.58. The van der Waals surface area contributed by atoms with Crippen LogP contribution in [-0.4, -0.2) is 29.6 Å². The minimum absolute atomic E-state index is 0.0372. The molecule has 0 spiro atoms. The number of aliphatic hydroxyl groups excluding tert-OH is 1. The maximum atomic E-state index is 12.0. The summed E-state index contributed by atoms with van der Waals surface area (Å²) >= 11 is 7.32. The van der Waals surface area contributed by atoms with Crippen LogP contribution in [-0.2, 0) is 17.9 Å². The molecule has 0 unspecified atom stereocenters. The SMILES string of the molecule is CN(Cc1ccc(Cl)s1)C(=O)COc1cccc(CO)c1. The van der Waals surface area contributed by atoms with Gasteiger partial charge in [-0.1, -0.05) is 23.7 Å². The number of amides is 1. The van der Waals surface area contributed by atoms with E-state index >= 15 is 0 Å². The first-order valence-electron chi connectivity index (χ1n) is 6.39. The van der Waals surface area contributed by atoms with Gasteiger partial charge >= 0.3 is 0 Å². The Hall–Kier alpha value is -1.56. The summed E-state index contributed by atoms with van der Waals surface area (Å²) in [4.78, 5) is 14.6. The topological polar surface area (TPSA) is 49.8 Å². The second kappa shape index (κ2) is 7.45. The van der Waals surface area contributed by atoms with E-state index in [1.807, 2.05) is 12.1 Å². The lowest BCUT2D eigenvalue weighted by Gasteiger charge is -2.16. The standard InChI is InChI=1S/C15H16ClNO3S/c1-17(8-13-5-6-14(16)21-13)15(19)10-20-12-4-2-3-11(7-12)9-18/h2-7,18H,8-10H2,1H3. The van der Waals surface area contributed by atoms with Gasteiger partial charge in [-0.05, 0) is 29.8 Å². The van der Waals surface area contributed by atoms with Crippen molar-refractivity contribution < 1.29 is 14.6 Å². The molecule has 4 nitrogen and oxygen atoms in total. The number of nitrogens with zero attached hydrogens (tertiary/aromatic N) is 1. The molecule has 0 atom stereocenters. The van der Waals surface area contributed by atoms with E-state index in [9.17, 15) is 4.79 Å². The molecule has 1 aromatic carbocycles. The molecule has 0 aliphatic rings. The van der Waals surface area contributed by atoms with Gasteiger partial charge in [-0.15, -0.1) is 11.3 Å². The van der Waals surface area contributed by atoms with Crippen molar-refractivity contribution in [3.63, 3.8) is 0 Å². The Bertz CT molecular complexity index is 614. The van der Waals surface area contributed by atoms with Crippen LogP contribution in [0.1, 0.15) is 10.4 Å². The summed E-state index contributed by atoms with van der Waals surface area (Å²) in [5, 5.41) is 9.05. The number of likely N-dealkylation sites (N-methyl/N-ethyl adjacent to an activating group) is 1. The number of carbonyl (C=O) groups excluding carboxylic acids is 1. The smallest absolute Gasteiger partial charge is 0.260 e. The second-order valence-electron chi connectivity index (χ2n) is 4.55. The zero-order chi connectivity index (χ0) is 15.2. The van der Waals surface area contributed by atoms with E-state index in [4.69, 9.17) is 21.4 Å². The van der Waals surface area contributed by atoms with Gasteiger partial charge in [0.15, 0.2) is 6.61 Å². The largest absolute Gasteiger partial charge is 0.484 e. The lowest BCUT2D eigenvalue weighted by atomic mass is 10.2. The zero-order valence-electron chi connectivity index (χ0n) is 11.6. The fourth-order valence-corrected chi connectivity index (χ4v) is 2.89. The van der Waals surface area contributed by atoms with Crippen LogP contribution in [0.4, 0.5) is 0 Å². The maximum absolute atomic E-state index is 12.0. The van der Waals surface area contributed by atoms with Crippen LogP contribution in [0.5, 0.6) is 5.75 Å². The van der Waals surface area contributed by atoms with E-state index < -0.39 is 0 Å². The van der Waals surface area contributed by atoms with Crippen molar-refractivity contribution in [2.24, 2.45) is 0 Å². The molecule has 0 saturated carbocycles. The molecule has 1 amide bonds. The van der Waals surface area contributed by atoms with E-state index in [0.717, 1.165) is 10.4 Å². The third-order valence-electron chi connectivity index (χ3n) is 2.89. The average Bonchev–Trinajstić information content (AvgIpc) is 2.90. The van der Waals surface area contributed by atoms with Crippen molar-refractivity contribution in [3.05, 3.63) is 51.2 Å². The molecule has 0 aliphatic carbocycles. The third kappa shape index (κ3) is 4.74. The number of ether oxygens (including phenoxy) is 1. The van der Waals surface area contributed by atoms with E-state index in [1.165, 1.54) is 11.3 Å². The minimum Gasteiger partial charge on any atom is -0.484 e. The van der Waals surface area contributed by atoms with Gasteiger partial charge in [0.2, 0.25) is 0 Å². The molecule has 0 bridgehead atoms. The fourth-order valence-electron chi connectivity index (χ4n) is 1.75. The normalized spacial score (nSPS) is 10.4. The molecule has 6 heteroatoms. The average molecular weight is 326 g/mol. The molecule has 1 heterocycles. The maximum Gasteiger partial charge on any atom is 0.260 e. The number of aliphatic hydroxyl groups is 1. The van der Waals surface area contributed by atoms with E-state index in [1.54, 1.807) is 36.2 Å². The summed E-state index contributed by atoms with van der Waals surface area (Å²) in [6, 6.07) is 10.8. The van der Waals surface area contributed by atoms with Crippen molar-refractivity contribution in [1.29, 1.82) is 0 Å². The molecular formula is C15H16ClNO3S. The number of thiophene rings is 1. The number of hydrogen-bond donors (Lipinski definition) is 1. The molecule has 112 valence electrons. The molecule has 2 aromatic rings. The number of hydrogen-bond acceptors (Lipinski definition) is 4. The molecule has 0 saturated heterocycles. The third-order valence-corrected chi connectivity index (χ3v) is 4.11. The van der Waals surface area contributed by atoms with Gasteiger partial charge in [-0.25, -0.2) is 0 Å². The Morgan fingerprint density at radius 1 is 1.38 bits per heavy atom. The van der Waals surface area contributed by atoms with Crippen molar-refractivity contribution in [2.75, 3.05) is 13.7 Å². The number of benzene rings is 1. The second-order valence-corrected chi connectivity index (χ2v) is 6.35. The molecule has 0 radical (unpaired) electrons. The van der Waals surface area contributed by atoms with Gasteiger partial charge in [0.25, 0.3) is 5.91 Å². The summed E-state index contributed by atoms with van der Waals surface area (Å²) in [5.74, 6) is 0.455. The lowest BCUT2D eigenvalue weighted by Crippen LogP contribution is -2.30. The van der Waals surface area contributed by atoms with E-state index in [0.29, 0.717) is 16.6 Å². The van der Waals surface area contributed by atoms with Crippen LogP contribution in [0.15, 0.2) is 36.4 Å². The lowest BCUT2D eigenvalue weighted by molar-refractivity contribution is -0.132. The van der Waals surface area contributed by atoms with Gasteiger partial charge in [0.05, 0.1) is 17.5 Å². The van der Waals surface area contributed by atoms with Gasteiger partial charge in [-0.2, -0.15) is 0 Å². The Labute approximate surface area is 132 Å². The zero-order valence-corrected chi connectivity index (χ0v) is 13.2. The Morgan fingerprint density at radius 2 is 2.19 bits per heavy atom. The molecule has 21 heavy (non-hydrogen) atoms. The fraction of sp³-hybridized carbons (Fsp3) is 0.267. The van der Waals surface area contributed by atoms with Crippen LogP contribution >= 0.6 is 22.9 Å². The Morgan fingerprint density at radius 3 is 2.86 bits per heavy atom. The summed E-state index contributed by atoms with van der Waals surface area (Å²) in [5.41, 5.74) is 0.751. The molecule has 1 N–H and O–H groups in total. The molecule has 0 fully saturated rings. The molecule has 0 aliphatic heterocycles. The Kier molecular flexibility index (Phi) is 5.61. The van der Waals surface area contributed by atoms with E-state index in [-0.39, 0.29) is 19.1 Å². The highest BCUT2D eigenvalue weighted by molar-refractivity contribution is 7.16. The Balaban J connectivity index is 1.85. The van der Waals surface area contributed by atoms with Crippen LogP contribution in [0.25, 0.3) is 0 Å². The highest BCUT2D eigenvalue weighted by Gasteiger charge is 2.11. The van der Waals surface area contributed by atoms with Crippen LogP contribution < -0.4 is 4.74 Å². The predicted molar refractivity (Wildman–Crippen MR) is 83.7 cm³/mol. The first-order chi connectivity index (χ1) is 10.1. The van der Waals surface area contributed by atoms with Gasteiger partial charge in [0.1, 0.15) is 5.75 Å². The summed E-state index contributed by atoms with van der Waals surface area (Å²) in [7, 11) is 1.73. The quantitative estimate of drug-likeness (QED) is 0.888. The van der Waals surface area contributed by atoms with Crippen LogP contribution in [0.2, 0.25) is 4.34 Å². The van der Waals surface area contributed by atoms with Crippen LogP contribution in [0, 0.1) is 0 Å². The van der Waals surface area contributed by atoms with Crippen molar-refractivity contribution in [2.45, 2.75) is 13.2 Å². The van der Waals surface area contributed by atoms with Gasteiger partial charge in [0, 0.05) is 11.9 Å². The van der Waals surface area contributed by atoms with E-state index in [2.05, 4.69) is 0 Å². The van der Waals surface area contributed by atoms with Crippen molar-refractivity contribution in [1.82, 2.24) is 4.90 Å². The summed E-state index contributed by atoms with van der Waals surface area (Å²) < 4.78 is 6.16. The highest BCUT2D eigenvalue weighted by atomic mass is 35.5. The van der Waals surface area contributed by atoms with Gasteiger partial charge in [-0.3, -0.25) is 4.79 Å². The van der Waals surface area contributed by atoms with Crippen LogP contribution in [0.3, 0.4) is 0 Å². The molecular weight excluding hydrogens is 310 g/mol. The number of halogens is 1. The van der Waals surface area contributed by atoms with Crippen molar-refractivity contribution in [3.8, 4) is 5.75 Å². The number of rotatable bonds is 6. The van der Waals surface area contributed by atoms with Crippen molar-refractivity contribution >= 4 is 28.8 Å². The predicted octanol–water partition coefficient (Wildman–Crippen LogP) is 2.93. The molecule has 1 aromatic heterocycles. The summed E-state index contributed by atoms with van der Waals surface area (Å²) in [6.07, 6.45) is 0. The summed E-state index contributed by atoms with van der Waals surface area (Å²) in [6.45, 7) is 0.422. The minimum atomic E-state index is -0.117. The number of carbonyl (C=O) groups is 1. The highest BCUT2D eigenvalue weighted by Crippen LogP contribution is 2.22. The molecule has 2 rings (SSSR count). The monoisotopic (exact) mass is 325 g/mol.